The first-order valence-electron chi connectivity index (χ1n) is 8.25. The Kier molecular flexibility index (Phi) is 5.51. The van der Waals surface area contributed by atoms with Crippen LogP contribution >= 0.6 is 11.6 Å². The van der Waals surface area contributed by atoms with Gasteiger partial charge >= 0.3 is 0 Å². The summed E-state index contributed by atoms with van der Waals surface area (Å²) < 4.78 is 2.35. The summed E-state index contributed by atoms with van der Waals surface area (Å²) in [7, 11) is 0. The normalized spacial score (nSPS) is 12.5. The molecule has 1 heterocycles. The lowest BCUT2D eigenvalue weighted by Crippen LogP contribution is -2.26. The van der Waals surface area contributed by atoms with Crippen LogP contribution in [0.25, 0.3) is 11.0 Å². The first-order valence-corrected chi connectivity index (χ1v) is 8.63. The molecule has 0 radical (unpaired) electrons. The molecule has 22 heavy (non-hydrogen) atoms. The van der Waals surface area contributed by atoms with Gasteiger partial charge in [-0.1, -0.05) is 46.2 Å². The van der Waals surface area contributed by atoms with Gasteiger partial charge < -0.3 is 9.47 Å². The molecule has 0 aliphatic rings. The van der Waals surface area contributed by atoms with Crippen molar-refractivity contribution in [3.63, 3.8) is 0 Å². The van der Waals surface area contributed by atoms with Crippen molar-refractivity contribution in [3.05, 3.63) is 29.0 Å². The molecule has 0 aliphatic heterocycles. The Balaban J connectivity index is 2.31. The van der Waals surface area contributed by atoms with Crippen molar-refractivity contribution >= 4 is 22.6 Å². The molecule has 0 aliphatic carbocycles. The van der Waals surface area contributed by atoms with E-state index in [0.29, 0.717) is 0 Å². The number of hydrogen-bond donors (Lipinski definition) is 0. The summed E-state index contributed by atoms with van der Waals surface area (Å²) in [4.78, 5) is 7.32. The average molecular weight is 322 g/mol. The molecule has 0 spiro atoms. The van der Waals surface area contributed by atoms with Gasteiger partial charge in [0.1, 0.15) is 5.82 Å². The zero-order chi connectivity index (χ0) is 16.3. The molecule has 2 aromatic rings. The topological polar surface area (TPSA) is 21.1 Å². The standard InChI is InChI=1S/C18H28ClN3/c1-6-21(7-2)11-8-12-22-16-13-14(19)9-10-15(16)20-17(22)18(3,4)5/h9-10,13H,6-8,11-12H2,1-5H3. The molecule has 0 N–H and O–H groups in total. The Morgan fingerprint density at radius 2 is 1.86 bits per heavy atom. The number of aromatic nitrogens is 2. The third kappa shape index (κ3) is 3.82. The van der Waals surface area contributed by atoms with Gasteiger partial charge in [0, 0.05) is 17.0 Å². The Bertz CT molecular complexity index is 621. The Hall–Kier alpha value is -1.06. The minimum atomic E-state index is 0.0285. The SMILES string of the molecule is CCN(CC)CCCn1c(C(C)(C)C)nc2ccc(Cl)cc21. The summed E-state index contributed by atoms with van der Waals surface area (Å²) in [5, 5.41) is 0.776. The highest BCUT2D eigenvalue weighted by atomic mass is 35.5. The van der Waals surface area contributed by atoms with Crippen LogP contribution in [0.4, 0.5) is 0 Å². The van der Waals surface area contributed by atoms with Gasteiger partial charge in [-0.25, -0.2) is 4.98 Å². The van der Waals surface area contributed by atoms with Crippen molar-refractivity contribution in [1.82, 2.24) is 14.5 Å². The predicted molar refractivity (Wildman–Crippen MR) is 95.8 cm³/mol. The molecular weight excluding hydrogens is 294 g/mol. The van der Waals surface area contributed by atoms with Gasteiger partial charge in [-0.2, -0.15) is 0 Å². The lowest BCUT2D eigenvalue weighted by Gasteiger charge is -2.22. The van der Waals surface area contributed by atoms with E-state index in [9.17, 15) is 0 Å². The quantitative estimate of drug-likeness (QED) is 0.767. The number of imidazole rings is 1. The van der Waals surface area contributed by atoms with Crippen molar-refractivity contribution in [2.24, 2.45) is 0 Å². The fraction of sp³-hybridized carbons (Fsp3) is 0.611. The predicted octanol–water partition coefficient (Wildman–Crippen LogP) is 4.72. The van der Waals surface area contributed by atoms with Gasteiger partial charge in [0.2, 0.25) is 0 Å². The van der Waals surface area contributed by atoms with Crippen LogP contribution in [0.5, 0.6) is 0 Å². The van der Waals surface area contributed by atoms with Crippen LogP contribution in [0, 0.1) is 0 Å². The van der Waals surface area contributed by atoms with Gasteiger partial charge in [-0.3, -0.25) is 0 Å². The molecule has 1 aromatic heterocycles. The summed E-state index contributed by atoms with van der Waals surface area (Å²) in [5.74, 6) is 1.14. The average Bonchev–Trinajstić information content (AvgIpc) is 2.82. The Morgan fingerprint density at radius 3 is 2.45 bits per heavy atom. The fourth-order valence-corrected chi connectivity index (χ4v) is 3.05. The zero-order valence-electron chi connectivity index (χ0n) is 14.5. The van der Waals surface area contributed by atoms with Crippen molar-refractivity contribution < 1.29 is 0 Å². The first-order chi connectivity index (χ1) is 10.4. The number of nitrogens with zero attached hydrogens (tertiary/aromatic N) is 3. The van der Waals surface area contributed by atoms with Crippen molar-refractivity contribution in [2.45, 2.75) is 53.0 Å². The third-order valence-electron chi connectivity index (χ3n) is 4.13. The molecule has 0 bridgehead atoms. The molecule has 122 valence electrons. The van der Waals surface area contributed by atoms with Gasteiger partial charge in [-0.05, 0) is 44.3 Å². The van der Waals surface area contributed by atoms with E-state index >= 15 is 0 Å². The van der Waals surface area contributed by atoms with Crippen LogP contribution < -0.4 is 0 Å². The highest BCUT2D eigenvalue weighted by molar-refractivity contribution is 6.31. The maximum atomic E-state index is 6.19. The van der Waals surface area contributed by atoms with Gasteiger partial charge in [0.25, 0.3) is 0 Å². The minimum absolute atomic E-state index is 0.0285. The molecule has 0 fully saturated rings. The molecule has 4 heteroatoms. The van der Waals surface area contributed by atoms with E-state index in [1.807, 2.05) is 18.2 Å². The van der Waals surface area contributed by atoms with E-state index in [0.717, 1.165) is 54.5 Å². The number of aryl methyl sites for hydroxylation is 1. The van der Waals surface area contributed by atoms with Gasteiger partial charge in [-0.15, -0.1) is 0 Å². The summed E-state index contributed by atoms with van der Waals surface area (Å²) in [5.41, 5.74) is 2.22. The van der Waals surface area contributed by atoms with E-state index in [4.69, 9.17) is 16.6 Å². The van der Waals surface area contributed by atoms with E-state index in [-0.39, 0.29) is 5.41 Å². The van der Waals surface area contributed by atoms with Crippen LogP contribution in [0.2, 0.25) is 5.02 Å². The highest BCUT2D eigenvalue weighted by Crippen LogP contribution is 2.28. The Morgan fingerprint density at radius 1 is 1.18 bits per heavy atom. The largest absolute Gasteiger partial charge is 0.327 e. The van der Waals surface area contributed by atoms with E-state index in [1.165, 1.54) is 0 Å². The molecule has 0 saturated heterocycles. The molecular formula is C18H28ClN3. The molecule has 0 unspecified atom stereocenters. The van der Waals surface area contributed by atoms with Crippen LogP contribution in [-0.4, -0.2) is 34.1 Å². The van der Waals surface area contributed by atoms with Gasteiger partial charge in [0.15, 0.2) is 0 Å². The Labute approximate surface area is 139 Å². The number of fused-ring (bicyclic) bond motifs is 1. The number of benzene rings is 1. The van der Waals surface area contributed by atoms with E-state index in [2.05, 4.69) is 44.1 Å². The van der Waals surface area contributed by atoms with Crippen molar-refractivity contribution in [1.29, 1.82) is 0 Å². The van der Waals surface area contributed by atoms with Gasteiger partial charge in [0.05, 0.1) is 11.0 Å². The number of hydrogen-bond acceptors (Lipinski definition) is 2. The second-order valence-electron chi connectivity index (χ2n) is 6.85. The molecule has 1 aromatic carbocycles. The van der Waals surface area contributed by atoms with Crippen LogP contribution in [0.15, 0.2) is 18.2 Å². The fourth-order valence-electron chi connectivity index (χ4n) is 2.89. The molecule has 0 saturated carbocycles. The smallest absolute Gasteiger partial charge is 0.115 e. The van der Waals surface area contributed by atoms with Crippen LogP contribution in [0.1, 0.15) is 46.9 Å². The molecule has 3 nitrogen and oxygen atoms in total. The summed E-state index contributed by atoms with van der Waals surface area (Å²) in [6.45, 7) is 15.4. The van der Waals surface area contributed by atoms with E-state index < -0.39 is 0 Å². The molecule has 0 amide bonds. The van der Waals surface area contributed by atoms with Crippen LogP contribution in [0.3, 0.4) is 0 Å². The lowest BCUT2D eigenvalue weighted by atomic mass is 9.95. The summed E-state index contributed by atoms with van der Waals surface area (Å²) in [6.07, 6.45) is 1.13. The zero-order valence-corrected chi connectivity index (χ0v) is 15.2. The molecule has 0 atom stereocenters. The minimum Gasteiger partial charge on any atom is -0.327 e. The second kappa shape index (κ2) is 7.01. The van der Waals surface area contributed by atoms with Crippen molar-refractivity contribution in [2.75, 3.05) is 19.6 Å². The first kappa shape index (κ1) is 17.3. The summed E-state index contributed by atoms with van der Waals surface area (Å²) >= 11 is 6.19. The maximum absolute atomic E-state index is 6.19. The molecule has 2 rings (SSSR count). The number of rotatable bonds is 6. The third-order valence-corrected chi connectivity index (χ3v) is 4.37. The second-order valence-corrected chi connectivity index (χ2v) is 7.29. The lowest BCUT2D eigenvalue weighted by molar-refractivity contribution is 0.292. The monoisotopic (exact) mass is 321 g/mol. The maximum Gasteiger partial charge on any atom is 0.115 e. The van der Waals surface area contributed by atoms with E-state index in [1.54, 1.807) is 0 Å². The highest BCUT2D eigenvalue weighted by Gasteiger charge is 2.22. The summed E-state index contributed by atoms with van der Waals surface area (Å²) in [6, 6.07) is 5.98. The van der Waals surface area contributed by atoms with Crippen molar-refractivity contribution in [3.8, 4) is 0 Å². The number of halogens is 1. The van der Waals surface area contributed by atoms with Crippen LogP contribution in [-0.2, 0) is 12.0 Å².